The number of halogens is 1. The first-order chi connectivity index (χ1) is 12.9. The Balaban J connectivity index is 1.95. The predicted molar refractivity (Wildman–Crippen MR) is 108 cm³/mol. The maximum absolute atomic E-state index is 12.9. The molecule has 0 fully saturated rings. The maximum atomic E-state index is 12.9. The molecule has 27 heavy (non-hydrogen) atoms. The molecule has 2 aromatic carbocycles. The number of aromatic nitrogens is 1. The standard InChI is InChI=1S/C20H18BrNO4S/c1-25-18-5-3-4-15(9-18)16-8-14(11-22-12-16)13-27(23,24)20-10-17(21)6-7-19(20)26-2/h3-12H,13H2,1-2H3. The van der Waals surface area contributed by atoms with Crippen LogP contribution in [0.4, 0.5) is 0 Å². The Morgan fingerprint density at radius 3 is 2.52 bits per heavy atom. The van der Waals surface area contributed by atoms with Crippen LogP contribution in [0.2, 0.25) is 0 Å². The molecule has 0 saturated heterocycles. The Bertz CT molecular complexity index is 1070. The van der Waals surface area contributed by atoms with Crippen LogP contribution in [-0.4, -0.2) is 27.6 Å². The second kappa shape index (κ2) is 8.10. The van der Waals surface area contributed by atoms with Crippen molar-refractivity contribution in [3.63, 3.8) is 0 Å². The summed E-state index contributed by atoms with van der Waals surface area (Å²) in [6, 6.07) is 14.3. The lowest BCUT2D eigenvalue weighted by atomic mass is 10.1. The van der Waals surface area contributed by atoms with Crippen molar-refractivity contribution >= 4 is 25.8 Å². The minimum Gasteiger partial charge on any atom is -0.497 e. The molecule has 0 N–H and O–H groups in total. The van der Waals surface area contributed by atoms with E-state index in [0.29, 0.717) is 15.8 Å². The summed E-state index contributed by atoms with van der Waals surface area (Å²) in [6.45, 7) is 0. The largest absolute Gasteiger partial charge is 0.497 e. The molecular weight excluding hydrogens is 430 g/mol. The van der Waals surface area contributed by atoms with Crippen LogP contribution in [0.15, 0.2) is 70.3 Å². The summed E-state index contributed by atoms with van der Waals surface area (Å²) >= 11 is 3.31. The lowest BCUT2D eigenvalue weighted by molar-refractivity contribution is 0.402. The Labute approximate surface area is 167 Å². The van der Waals surface area contributed by atoms with Crippen LogP contribution in [-0.2, 0) is 15.6 Å². The fraction of sp³-hybridized carbons (Fsp3) is 0.150. The quantitative estimate of drug-likeness (QED) is 0.556. The number of benzene rings is 2. The molecule has 0 aliphatic carbocycles. The van der Waals surface area contributed by atoms with Crippen LogP contribution in [0.1, 0.15) is 5.56 Å². The molecule has 5 nitrogen and oxygen atoms in total. The van der Waals surface area contributed by atoms with E-state index in [1.807, 2.05) is 30.3 Å². The van der Waals surface area contributed by atoms with Crippen LogP contribution in [0, 0.1) is 0 Å². The van der Waals surface area contributed by atoms with Gasteiger partial charge >= 0.3 is 0 Å². The average molecular weight is 448 g/mol. The second-order valence-corrected chi connectivity index (χ2v) is 8.74. The van der Waals surface area contributed by atoms with Crippen molar-refractivity contribution in [3.05, 3.63) is 71.0 Å². The number of hydrogen-bond acceptors (Lipinski definition) is 5. The van der Waals surface area contributed by atoms with Gasteiger partial charge in [-0.1, -0.05) is 28.1 Å². The smallest absolute Gasteiger partial charge is 0.186 e. The lowest BCUT2D eigenvalue weighted by Gasteiger charge is -2.11. The van der Waals surface area contributed by atoms with Gasteiger partial charge in [0.1, 0.15) is 16.4 Å². The van der Waals surface area contributed by atoms with Crippen molar-refractivity contribution < 1.29 is 17.9 Å². The number of hydrogen-bond donors (Lipinski definition) is 0. The van der Waals surface area contributed by atoms with Crippen molar-refractivity contribution in [2.75, 3.05) is 14.2 Å². The monoisotopic (exact) mass is 447 g/mol. The molecule has 0 aliphatic rings. The fourth-order valence-corrected chi connectivity index (χ4v) is 4.75. The SMILES string of the molecule is COc1cccc(-c2cncc(CS(=O)(=O)c3cc(Br)ccc3OC)c2)c1. The van der Waals surface area contributed by atoms with Crippen molar-refractivity contribution in [2.24, 2.45) is 0 Å². The zero-order valence-corrected chi connectivity index (χ0v) is 17.2. The zero-order chi connectivity index (χ0) is 19.4. The fourth-order valence-electron chi connectivity index (χ4n) is 2.72. The van der Waals surface area contributed by atoms with Crippen molar-refractivity contribution in [1.82, 2.24) is 4.98 Å². The van der Waals surface area contributed by atoms with Gasteiger partial charge in [0, 0.05) is 22.4 Å². The molecule has 0 atom stereocenters. The number of pyridine rings is 1. The Hall–Kier alpha value is -2.38. The Morgan fingerprint density at radius 2 is 1.78 bits per heavy atom. The molecule has 0 amide bonds. The molecule has 7 heteroatoms. The highest BCUT2D eigenvalue weighted by Gasteiger charge is 2.21. The molecule has 0 unspecified atom stereocenters. The summed E-state index contributed by atoms with van der Waals surface area (Å²) in [6.07, 6.45) is 3.26. The zero-order valence-electron chi connectivity index (χ0n) is 14.8. The maximum Gasteiger partial charge on any atom is 0.186 e. The minimum atomic E-state index is -3.61. The van der Waals surface area contributed by atoms with Gasteiger partial charge in [-0.2, -0.15) is 0 Å². The molecule has 1 heterocycles. The normalized spacial score (nSPS) is 11.2. The van der Waals surface area contributed by atoms with Crippen LogP contribution in [0.3, 0.4) is 0 Å². The highest BCUT2D eigenvalue weighted by molar-refractivity contribution is 9.10. The van der Waals surface area contributed by atoms with E-state index in [1.54, 1.807) is 37.7 Å². The average Bonchev–Trinajstić information content (AvgIpc) is 2.68. The van der Waals surface area contributed by atoms with Crippen LogP contribution in [0.5, 0.6) is 11.5 Å². The topological polar surface area (TPSA) is 65.5 Å². The van der Waals surface area contributed by atoms with Gasteiger partial charge in [0.25, 0.3) is 0 Å². The van der Waals surface area contributed by atoms with Gasteiger partial charge in [0.2, 0.25) is 0 Å². The number of rotatable bonds is 6. The van der Waals surface area contributed by atoms with Gasteiger partial charge in [-0.15, -0.1) is 0 Å². The van der Waals surface area contributed by atoms with E-state index in [0.717, 1.165) is 16.9 Å². The van der Waals surface area contributed by atoms with E-state index in [4.69, 9.17) is 9.47 Å². The van der Waals surface area contributed by atoms with Gasteiger partial charge in [-0.25, -0.2) is 8.42 Å². The summed E-state index contributed by atoms with van der Waals surface area (Å²) < 4.78 is 37.0. The summed E-state index contributed by atoms with van der Waals surface area (Å²) in [5, 5.41) is 0. The van der Waals surface area contributed by atoms with Crippen LogP contribution in [0.25, 0.3) is 11.1 Å². The van der Waals surface area contributed by atoms with Crippen molar-refractivity contribution in [1.29, 1.82) is 0 Å². The third-order valence-electron chi connectivity index (χ3n) is 4.02. The van der Waals surface area contributed by atoms with E-state index >= 15 is 0 Å². The van der Waals surface area contributed by atoms with E-state index in [2.05, 4.69) is 20.9 Å². The molecule has 0 aliphatic heterocycles. The third kappa shape index (κ3) is 4.48. The molecule has 3 aromatic rings. The Kier molecular flexibility index (Phi) is 5.82. The van der Waals surface area contributed by atoms with Gasteiger partial charge in [0.15, 0.2) is 9.84 Å². The van der Waals surface area contributed by atoms with Crippen molar-refractivity contribution in [3.8, 4) is 22.6 Å². The summed E-state index contributed by atoms with van der Waals surface area (Å²) in [5.41, 5.74) is 2.32. The molecule has 140 valence electrons. The molecular formula is C20H18BrNO4S. The number of sulfone groups is 1. The minimum absolute atomic E-state index is 0.145. The Morgan fingerprint density at radius 1 is 0.963 bits per heavy atom. The van der Waals surface area contributed by atoms with Gasteiger partial charge < -0.3 is 9.47 Å². The lowest BCUT2D eigenvalue weighted by Crippen LogP contribution is -2.07. The van der Waals surface area contributed by atoms with Gasteiger partial charge in [0.05, 0.1) is 20.0 Å². The van der Waals surface area contributed by atoms with E-state index in [9.17, 15) is 8.42 Å². The van der Waals surface area contributed by atoms with Gasteiger partial charge in [-0.3, -0.25) is 4.98 Å². The number of methoxy groups -OCH3 is 2. The van der Waals surface area contributed by atoms with E-state index in [1.165, 1.54) is 7.11 Å². The van der Waals surface area contributed by atoms with Crippen molar-refractivity contribution in [2.45, 2.75) is 10.6 Å². The first-order valence-electron chi connectivity index (χ1n) is 8.07. The third-order valence-corrected chi connectivity index (χ3v) is 6.21. The highest BCUT2D eigenvalue weighted by Crippen LogP contribution is 2.30. The summed E-state index contributed by atoms with van der Waals surface area (Å²) in [4.78, 5) is 4.35. The molecule has 0 bridgehead atoms. The van der Waals surface area contributed by atoms with Gasteiger partial charge in [-0.05, 0) is 47.5 Å². The van der Waals surface area contributed by atoms with Crippen LogP contribution >= 0.6 is 15.9 Å². The molecule has 0 radical (unpaired) electrons. The summed E-state index contributed by atoms with van der Waals surface area (Å²) in [7, 11) is -0.556. The molecule has 0 saturated carbocycles. The predicted octanol–water partition coefficient (Wildman–Crippen LogP) is 4.50. The second-order valence-electron chi connectivity index (χ2n) is 5.87. The van der Waals surface area contributed by atoms with Crippen LogP contribution < -0.4 is 9.47 Å². The van der Waals surface area contributed by atoms with E-state index in [-0.39, 0.29) is 10.6 Å². The first-order valence-corrected chi connectivity index (χ1v) is 10.5. The highest BCUT2D eigenvalue weighted by atomic mass is 79.9. The molecule has 0 spiro atoms. The molecule has 3 rings (SSSR count). The van der Waals surface area contributed by atoms with E-state index < -0.39 is 9.84 Å². The summed E-state index contributed by atoms with van der Waals surface area (Å²) in [5.74, 6) is 0.865. The molecule has 1 aromatic heterocycles. The number of nitrogens with zero attached hydrogens (tertiary/aromatic N) is 1. The number of ether oxygens (including phenoxy) is 2. The first kappa shape index (κ1) is 19.4.